The van der Waals surface area contributed by atoms with Gasteiger partial charge in [0, 0.05) is 18.0 Å². The van der Waals surface area contributed by atoms with Crippen molar-refractivity contribution in [3.05, 3.63) is 47.5 Å². The summed E-state index contributed by atoms with van der Waals surface area (Å²) >= 11 is 1.53. The van der Waals surface area contributed by atoms with E-state index in [-0.39, 0.29) is 5.91 Å². The number of hydrogen-bond donors (Lipinski definition) is 2. The monoisotopic (exact) mass is 258 g/mol. The smallest absolute Gasteiger partial charge is 0.251 e. The van der Waals surface area contributed by atoms with Crippen molar-refractivity contribution in [2.75, 3.05) is 0 Å². The maximum absolute atomic E-state index is 11.9. The molecule has 0 aliphatic rings. The molecule has 0 spiro atoms. The molecule has 2 aromatic heterocycles. The number of rotatable bonds is 3. The first-order valence-corrected chi connectivity index (χ1v) is 6.30. The van der Waals surface area contributed by atoms with E-state index < -0.39 is 0 Å². The molecule has 90 valence electrons. The second-order valence-corrected chi connectivity index (χ2v) is 4.64. The molecule has 18 heavy (non-hydrogen) atoms. The lowest BCUT2D eigenvalue weighted by Crippen LogP contribution is -2.23. The van der Waals surface area contributed by atoms with E-state index in [1.165, 1.54) is 11.3 Å². The van der Waals surface area contributed by atoms with Crippen LogP contribution >= 0.6 is 11.3 Å². The Bertz CT molecular complexity index is 674. The van der Waals surface area contributed by atoms with Gasteiger partial charge in [-0.05, 0) is 18.2 Å². The number of hydrogen-bond acceptors (Lipinski definition) is 4. The highest BCUT2D eigenvalue weighted by molar-refractivity contribution is 7.16. The van der Waals surface area contributed by atoms with Gasteiger partial charge >= 0.3 is 0 Å². The number of aromatic amines is 1. The number of imidazole rings is 1. The molecule has 3 rings (SSSR count). The molecule has 1 amide bonds. The molecular formula is C12H10N4OS. The molecule has 0 atom stereocenters. The fraction of sp³-hybridized carbons (Fsp3) is 0.0833. The largest absolute Gasteiger partial charge is 0.347 e. The molecule has 0 radical (unpaired) electrons. The van der Waals surface area contributed by atoms with Crippen molar-refractivity contribution in [2.45, 2.75) is 6.54 Å². The van der Waals surface area contributed by atoms with Gasteiger partial charge in [-0.25, -0.2) is 9.97 Å². The van der Waals surface area contributed by atoms with E-state index >= 15 is 0 Å². The van der Waals surface area contributed by atoms with Crippen LogP contribution in [0.2, 0.25) is 0 Å². The average molecular weight is 258 g/mol. The van der Waals surface area contributed by atoms with Crippen LogP contribution in [0.1, 0.15) is 16.2 Å². The van der Waals surface area contributed by atoms with Crippen LogP contribution in [-0.2, 0) is 6.54 Å². The van der Waals surface area contributed by atoms with E-state index in [1.807, 2.05) is 12.1 Å². The van der Waals surface area contributed by atoms with Gasteiger partial charge in [0.15, 0.2) is 0 Å². The molecule has 6 heteroatoms. The lowest BCUT2D eigenvalue weighted by molar-refractivity contribution is 0.0950. The van der Waals surface area contributed by atoms with E-state index in [0.717, 1.165) is 16.0 Å². The first kappa shape index (κ1) is 10.9. The molecule has 2 N–H and O–H groups in total. The Morgan fingerprint density at radius 3 is 3.17 bits per heavy atom. The van der Waals surface area contributed by atoms with Crippen LogP contribution in [0.5, 0.6) is 0 Å². The predicted octanol–water partition coefficient (Wildman–Crippen LogP) is 1.95. The number of nitrogens with one attached hydrogen (secondary N) is 2. The van der Waals surface area contributed by atoms with E-state index in [1.54, 1.807) is 24.0 Å². The van der Waals surface area contributed by atoms with Crippen molar-refractivity contribution in [1.29, 1.82) is 0 Å². The van der Waals surface area contributed by atoms with Crippen molar-refractivity contribution < 1.29 is 4.79 Å². The van der Waals surface area contributed by atoms with Gasteiger partial charge in [0.1, 0.15) is 5.82 Å². The van der Waals surface area contributed by atoms with Gasteiger partial charge in [0.2, 0.25) is 0 Å². The first-order valence-electron chi connectivity index (χ1n) is 5.42. The van der Waals surface area contributed by atoms with E-state index in [2.05, 4.69) is 20.3 Å². The molecule has 1 aromatic carbocycles. The number of carbonyl (C=O) groups excluding carboxylic acids is 1. The topological polar surface area (TPSA) is 70.7 Å². The molecule has 0 bridgehead atoms. The van der Waals surface area contributed by atoms with Crippen LogP contribution in [0, 0.1) is 0 Å². The fourth-order valence-electron chi connectivity index (χ4n) is 1.66. The summed E-state index contributed by atoms with van der Waals surface area (Å²) in [6.45, 7) is 0.395. The van der Waals surface area contributed by atoms with Gasteiger partial charge in [-0.15, -0.1) is 11.3 Å². The minimum absolute atomic E-state index is 0.110. The lowest BCUT2D eigenvalue weighted by Gasteiger charge is -2.03. The Hall–Kier alpha value is -2.21. The van der Waals surface area contributed by atoms with Crippen molar-refractivity contribution in [2.24, 2.45) is 0 Å². The highest BCUT2D eigenvalue weighted by Crippen LogP contribution is 2.18. The number of fused-ring (bicyclic) bond motifs is 1. The summed E-state index contributed by atoms with van der Waals surface area (Å²) in [5.74, 6) is 0.629. The average Bonchev–Trinajstić information content (AvgIpc) is 3.05. The van der Waals surface area contributed by atoms with Crippen LogP contribution in [-0.4, -0.2) is 20.9 Å². The predicted molar refractivity (Wildman–Crippen MR) is 69.4 cm³/mol. The third-order valence-corrected chi connectivity index (χ3v) is 3.36. The van der Waals surface area contributed by atoms with E-state index in [0.29, 0.717) is 12.1 Å². The molecule has 0 saturated carbocycles. The maximum Gasteiger partial charge on any atom is 0.251 e. The fourth-order valence-corrected chi connectivity index (χ4v) is 2.37. The number of carbonyl (C=O) groups is 1. The van der Waals surface area contributed by atoms with Gasteiger partial charge in [-0.1, -0.05) is 0 Å². The molecule has 5 nitrogen and oxygen atoms in total. The summed E-state index contributed by atoms with van der Waals surface area (Å²) in [7, 11) is 0. The van der Waals surface area contributed by atoms with Crippen LogP contribution in [0.4, 0.5) is 0 Å². The Kier molecular flexibility index (Phi) is 2.77. The molecule has 0 fully saturated rings. The zero-order valence-corrected chi connectivity index (χ0v) is 10.2. The highest BCUT2D eigenvalue weighted by atomic mass is 32.1. The second-order valence-electron chi connectivity index (χ2n) is 3.75. The number of aromatic nitrogens is 3. The van der Waals surface area contributed by atoms with Gasteiger partial charge < -0.3 is 10.3 Å². The number of thiazole rings is 1. The van der Waals surface area contributed by atoms with Crippen LogP contribution in [0.25, 0.3) is 10.2 Å². The summed E-state index contributed by atoms with van der Waals surface area (Å²) in [5, 5.41) is 2.81. The van der Waals surface area contributed by atoms with Gasteiger partial charge in [-0.2, -0.15) is 0 Å². The quantitative estimate of drug-likeness (QED) is 0.754. The number of nitrogens with zero attached hydrogens (tertiary/aromatic N) is 2. The van der Waals surface area contributed by atoms with Crippen LogP contribution in [0.15, 0.2) is 36.1 Å². The summed E-state index contributed by atoms with van der Waals surface area (Å²) in [6.07, 6.45) is 3.38. The van der Waals surface area contributed by atoms with Crippen molar-refractivity contribution in [1.82, 2.24) is 20.3 Å². The third-order valence-electron chi connectivity index (χ3n) is 2.56. The normalized spacial score (nSPS) is 10.7. The third kappa shape index (κ3) is 2.10. The molecule has 0 unspecified atom stereocenters. The first-order chi connectivity index (χ1) is 8.83. The van der Waals surface area contributed by atoms with Crippen LogP contribution < -0.4 is 5.32 Å². The minimum Gasteiger partial charge on any atom is -0.347 e. The number of benzene rings is 1. The standard InChI is InChI=1S/C12H10N4OS/c17-12(15-6-11-13-3-4-14-11)8-1-2-9-10(5-8)18-7-16-9/h1-5,7H,6H2,(H,13,14)(H,15,17). The highest BCUT2D eigenvalue weighted by Gasteiger charge is 2.07. The SMILES string of the molecule is O=C(NCc1ncc[nH]1)c1ccc2ncsc2c1. The summed E-state index contributed by atoms with van der Waals surface area (Å²) in [6, 6.07) is 5.48. The van der Waals surface area contributed by atoms with Gasteiger partial charge in [-0.3, -0.25) is 4.79 Å². The van der Waals surface area contributed by atoms with Gasteiger partial charge in [0.25, 0.3) is 5.91 Å². The Balaban J connectivity index is 1.75. The maximum atomic E-state index is 11.9. The van der Waals surface area contributed by atoms with E-state index in [4.69, 9.17) is 0 Å². The van der Waals surface area contributed by atoms with Crippen LogP contribution in [0.3, 0.4) is 0 Å². The van der Waals surface area contributed by atoms with Crippen molar-refractivity contribution in [3.8, 4) is 0 Å². The van der Waals surface area contributed by atoms with Crippen molar-refractivity contribution >= 4 is 27.5 Å². The molecule has 0 aliphatic heterocycles. The number of H-pyrrole nitrogens is 1. The minimum atomic E-state index is -0.110. The zero-order chi connectivity index (χ0) is 12.4. The molecule has 0 aliphatic carbocycles. The zero-order valence-electron chi connectivity index (χ0n) is 9.38. The van der Waals surface area contributed by atoms with Gasteiger partial charge in [0.05, 0.1) is 22.3 Å². The molecule has 3 aromatic rings. The summed E-state index contributed by atoms with van der Waals surface area (Å²) in [5.41, 5.74) is 3.33. The Morgan fingerprint density at radius 1 is 1.39 bits per heavy atom. The lowest BCUT2D eigenvalue weighted by atomic mass is 10.2. The van der Waals surface area contributed by atoms with Crippen molar-refractivity contribution in [3.63, 3.8) is 0 Å². The Morgan fingerprint density at radius 2 is 2.33 bits per heavy atom. The summed E-state index contributed by atoms with van der Waals surface area (Å²) < 4.78 is 1.01. The summed E-state index contributed by atoms with van der Waals surface area (Å²) in [4.78, 5) is 23.1. The molecular weight excluding hydrogens is 248 g/mol. The Labute approximate surface area is 107 Å². The number of amides is 1. The van der Waals surface area contributed by atoms with E-state index in [9.17, 15) is 4.79 Å². The molecule has 2 heterocycles. The second kappa shape index (κ2) is 4.58. The molecule has 0 saturated heterocycles.